The highest BCUT2D eigenvalue weighted by Crippen LogP contribution is 2.22. The van der Waals surface area contributed by atoms with Gasteiger partial charge in [-0.3, -0.25) is 14.1 Å². The topological polar surface area (TPSA) is 46.8 Å². The first-order chi connectivity index (χ1) is 11.8. The highest BCUT2D eigenvalue weighted by atomic mass is 16.5. The average molecular weight is 321 g/mol. The molecular formula is C19H19N3O2. The zero-order chi connectivity index (χ0) is 16.4. The fourth-order valence-corrected chi connectivity index (χ4v) is 3.13. The zero-order valence-electron chi connectivity index (χ0n) is 13.3. The Morgan fingerprint density at radius 2 is 1.96 bits per heavy atom. The number of rotatable bonds is 3. The molecule has 1 aliphatic rings. The van der Waals surface area contributed by atoms with Gasteiger partial charge in [-0.1, -0.05) is 36.4 Å². The Morgan fingerprint density at radius 1 is 1.12 bits per heavy atom. The third-order valence-corrected chi connectivity index (χ3v) is 4.33. The number of ether oxygens (including phenoxy) is 1. The third-order valence-electron chi connectivity index (χ3n) is 4.33. The molecule has 1 fully saturated rings. The largest absolute Gasteiger partial charge is 0.371 e. The number of aromatic nitrogens is 2. The molecule has 1 unspecified atom stereocenters. The predicted molar refractivity (Wildman–Crippen MR) is 91.9 cm³/mol. The van der Waals surface area contributed by atoms with Gasteiger partial charge in [0.15, 0.2) is 0 Å². The fraction of sp³-hybridized carbons (Fsp3) is 0.263. The van der Waals surface area contributed by atoms with Gasteiger partial charge in [-0.15, -0.1) is 0 Å². The van der Waals surface area contributed by atoms with E-state index in [1.54, 1.807) is 16.7 Å². The Kier molecular flexibility index (Phi) is 4.11. The molecule has 0 spiro atoms. The number of nitrogens with zero attached hydrogens (tertiary/aromatic N) is 3. The maximum Gasteiger partial charge on any atom is 0.258 e. The van der Waals surface area contributed by atoms with E-state index in [-0.39, 0.29) is 11.7 Å². The van der Waals surface area contributed by atoms with Crippen LogP contribution in [0, 0.1) is 0 Å². The summed E-state index contributed by atoms with van der Waals surface area (Å²) < 4.78 is 7.46. The summed E-state index contributed by atoms with van der Waals surface area (Å²) >= 11 is 0. The SMILES string of the molecule is O=c1cc(CN2CCOC(c3ccccc3)C2)nc2ccccn12. The summed E-state index contributed by atoms with van der Waals surface area (Å²) in [6.45, 7) is 3.00. The van der Waals surface area contributed by atoms with Crippen molar-refractivity contribution in [3.63, 3.8) is 0 Å². The van der Waals surface area contributed by atoms with Gasteiger partial charge in [0.2, 0.25) is 0 Å². The number of hydrogen-bond donors (Lipinski definition) is 0. The van der Waals surface area contributed by atoms with Crippen molar-refractivity contribution < 1.29 is 4.74 Å². The Hall–Kier alpha value is -2.50. The monoisotopic (exact) mass is 321 g/mol. The summed E-state index contributed by atoms with van der Waals surface area (Å²) in [5, 5.41) is 0. The van der Waals surface area contributed by atoms with E-state index in [2.05, 4.69) is 22.0 Å². The first-order valence-corrected chi connectivity index (χ1v) is 8.16. The minimum Gasteiger partial charge on any atom is -0.371 e. The maximum absolute atomic E-state index is 12.2. The van der Waals surface area contributed by atoms with E-state index in [1.807, 2.05) is 36.4 Å². The van der Waals surface area contributed by atoms with Gasteiger partial charge in [-0.25, -0.2) is 4.98 Å². The molecule has 0 N–H and O–H groups in total. The summed E-state index contributed by atoms with van der Waals surface area (Å²) in [7, 11) is 0. The van der Waals surface area contributed by atoms with Gasteiger partial charge in [0, 0.05) is 31.9 Å². The van der Waals surface area contributed by atoms with Crippen LogP contribution in [0.5, 0.6) is 0 Å². The Balaban J connectivity index is 1.54. The van der Waals surface area contributed by atoms with Crippen LogP contribution >= 0.6 is 0 Å². The standard InChI is InChI=1S/C19H19N3O2/c23-19-12-16(20-18-8-4-5-9-22(18)19)13-21-10-11-24-17(14-21)15-6-2-1-3-7-15/h1-9,12,17H,10-11,13-14H2. The molecular weight excluding hydrogens is 302 g/mol. The number of hydrogen-bond acceptors (Lipinski definition) is 4. The predicted octanol–water partition coefficient (Wildman–Crippen LogP) is 2.27. The van der Waals surface area contributed by atoms with Crippen LogP contribution in [0.3, 0.4) is 0 Å². The number of benzene rings is 1. The second kappa shape index (κ2) is 6.55. The van der Waals surface area contributed by atoms with E-state index < -0.39 is 0 Å². The lowest BCUT2D eigenvalue weighted by atomic mass is 10.1. The van der Waals surface area contributed by atoms with Crippen LogP contribution in [-0.4, -0.2) is 34.0 Å². The summed E-state index contributed by atoms with van der Waals surface area (Å²) in [5.41, 5.74) is 2.64. The van der Waals surface area contributed by atoms with Crippen molar-refractivity contribution in [2.45, 2.75) is 12.6 Å². The quantitative estimate of drug-likeness (QED) is 0.742. The third kappa shape index (κ3) is 3.09. The number of fused-ring (bicyclic) bond motifs is 1. The molecule has 1 saturated heterocycles. The molecule has 0 amide bonds. The molecule has 2 aromatic heterocycles. The second-order valence-electron chi connectivity index (χ2n) is 6.02. The van der Waals surface area contributed by atoms with Gasteiger partial charge in [-0.05, 0) is 17.7 Å². The van der Waals surface area contributed by atoms with Crippen molar-refractivity contribution in [3.8, 4) is 0 Å². The van der Waals surface area contributed by atoms with E-state index in [0.29, 0.717) is 18.8 Å². The minimum absolute atomic E-state index is 0.0385. The smallest absolute Gasteiger partial charge is 0.258 e. The van der Waals surface area contributed by atoms with Crippen molar-refractivity contribution in [1.29, 1.82) is 0 Å². The molecule has 3 heterocycles. The lowest BCUT2D eigenvalue weighted by Gasteiger charge is -2.32. The van der Waals surface area contributed by atoms with Crippen molar-refractivity contribution in [2.24, 2.45) is 0 Å². The first-order valence-electron chi connectivity index (χ1n) is 8.16. The van der Waals surface area contributed by atoms with E-state index >= 15 is 0 Å². The molecule has 24 heavy (non-hydrogen) atoms. The van der Waals surface area contributed by atoms with Crippen LogP contribution < -0.4 is 5.56 Å². The Morgan fingerprint density at radius 3 is 2.83 bits per heavy atom. The van der Waals surface area contributed by atoms with E-state index in [0.717, 1.165) is 18.8 Å². The summed E-state index contributed by atoms with van der Waals surface area (Å²) in [6.07, 6.45) is 1.82. The summed E-state index contributed by atoms with van der Waals surface area (Å²) in [6, 6.07) is 17.5. The molecule has 1 aliphatic heterocycles. The molecule has 0 aliphatic carbocycles. The Bertz CT molecular complexity index is 892. The summed E-state index contributed by atoms with van der Waals surface area (Å²) in [4.78, 5) is 19.1. The maximum atomic E-state index is 12.2. The number of morpholine rings is 1. The molecule has 1 atom stereocenters. The van der Waals surface area contributed by atoms with Crippen LogP contribution in [0.2, 0.25) is 0 Å². The van der Waals surface area contributed by atoms with Gasteiger partial charge < -0.3 is 4.74 Å². The van der Waals surface area contributed by atoms with Crippen molar-refractivity contribution in [2.75, 3.05) is 19.7 Å². The second-order valence-corrected chi connectivity index (χ2v) is 6.02. The average Bonchev–Trinajstić information content (AvgIpc) is 2.63. The van der Waals surface area contributed by atoms with Crippen LogP contribution in [-0.2, 0) is 11.3 Å². The zero-order valence-corrected chi connectivity index (χ0v) is 13.3. The van der Waals surface area contributed by atoms with Crippen LogP contribution in [0.1, 0.15) is 17.4 Å². The van der Waals surface area contributed by atoms with Gasteiger partial charge >= 0.3 is 0 Å². The van der Waals surface area contributed by atoms with E-state index in [9.17, 15) is 4.79 Å². The highest BCUT2D eigenvalue weighted by molar-refractivity contribution is 5.38. The molecule has 0 radical (unpaired) electrons. The Labute approximate surface area is 140 Å². The molecule has 5 heteroatoms. The molecule has 122 valence electrons. The minimum atomic E-state index is -0.0385. The van der Waals surface area contributed by atoms with Crippen LogP contribution in [0.25, 0.3) is 5.65 Å². The first kappa shape index (κ1) is 15.1. The van der Waals surface area contributed by atoms with Gasteiger partial charge in [0.05, 0.1) is 18.4 Å². The lowest BCUT2D eigenvalue weighted by Crippen LogP contribution is -2.38. The number of pyridine rings is 1. The molecule has 4 rings (SSSR count). The molecule has 5 nitrogen and oxygen atoms in total. The van der Waals surface area contributed by atoms with E-state index in [4.69, 9.17) is 4.74 Å². The summed E-state index contributed by atoms with van der Waals surface area (Å²) in [5.74, 6) is 0. The van der Waals surface area contributed by atoms with Crippen molar-refractivity contribution in [3.05, 3.63) is 82.4 Å². The molecule has 0 bridgehead atoms. The van der Waals surface area contributed by atoms with Gasteiger partial charge in [0.25, 0.3) is 5.56 Å². The van der Waals surface area contributed by atoms with Crippen molar-refractivity contribution in [1.82, 2.24) is 14.3 Å². The normalized spacial score (nSPS) is 18.8. The molecule has 1 aromatic carbocycles. The van der Waals surface area contributed by atoms with Crippen LogP contribution in [0.15, 0.2) is 65.6 Å². The molecule has 0 saturated carbocycles. The fourth-order valence-electron chi connectivity index (χ4n) is 3.13. The van der Waals surface area contributed by atoms with Crippen molar-refractivity contribution >= 4 is 5.65 Å². The van der Waals surface area contributed by atoms with Gasteiger partial charge in [0.1, 0.15) is 5.65 Å². The lowest BCUT2D eigenvalue weighted by molar-refractivity contribution is -0.0332. The highest BCUT2D eigenvalue weighted by Gasteiger charge is 2.22. The van der Waals surface area contributed by atoms with E-state index in [1.165, 1.54) is 5.56 Å². The van der Waals surface area contributed by atoms with Crippen LogP contribution in [0.4, 0.5) is 0 Å². The van der Waals surface area contributed by atoms with Gasteiger partial charge in [-0.2, -0.15) is 0 Å². The molecule has 3 aromatic rings.